The second-order valence-electron chi connectivity index (χ2n) is 2.72. The minimum absolute atomic E-state index is 0.791. The van der Waals surface area contributed by atoms with Crippen molar-refractivity contribution in [2.24, 2.45) is 5.92 Å². The Bertz CT molecular complexity index is 82.0. The van der Waals surface area contributed by atoms with Crippen LogP contribution in [0.5, 0.6) is 0 Å². The summed E-state index contributed by atoms with van der Waals surface area (Å²) < 4.78 is 0. The van der Waals surface area contributed by atoms with Crippen LogP contribution in [0.2, 0.25) is 0 Å². The third kappa shape index (κ3) is 4.26. The van der Waals surface area contributed by atoms with E-state index < -0.39 is 0 Å². The van der Waals surface area contributed by atoms with E-state index in [-0.39, 0.29) is 0 Å². The van der Waals surface area contributed by atoms with Gasteiger partial charge in [0, 0.05) is 0 Å². The van der Waals surface area contributed by atoms with E-state index in [0.29, 0.717) is 0 Å². The summed E-state index contributed by atoms with van der Waals surface area (Å²) in [5.74, 6) is 0.791. The molecule has 0 nitrogen and oxygen atoms in total. The lowest BCUT2D eigenvalue weighted by Crippen LogP contribution is -1.92. The summed E-state index contributed by atoms with van der Waals surface area (Å²) >= 11 is 0. The topological polar surface area (TPSA) is 0 Å². The van der Waals surface area contributed by atoms with Crippen LogP contribution in [0.15, 0.2) is 12.2 Å². The maximum absolute atomic E-state index is 3.90. The highest BCUT2D eigenvalue weighted by Crippen LogP contribution is 2.14. The fraction of sp³-hybridized carbons (Fsp3) is 0.667. The second-order valence-corrected chi connectivity index (χ2v) is 2.72. The Morgan fingerprint density at radius 3 is 2.44 bits per heavy atom. The zero-order valence-corrected chi connectivity index (χ0v) is 6.61. The fourth-order valence-corrected chi connectivity index (χ4v) is 0.739. The highest BCUT2D eigenvalue weighted by molar-refractivity contribution is 4.95. The highest BCUT2D eigenvalue weighted by Gasteiger charge is 1.98. The lowest BCUT2D eigenvalue weighted by molar-refractivity contribution is 0.553. The second kappa shape index (κ2) is 4.60. The largest absolute Gasteiger partial charge is 0.0999 e. The zero-order chi connectivity index (χ0) is 7.28. The molecule has 0 N–H and O–H groups in total. The minimum atomic E-state index is 0.791. The van der Waals surface area contributed by atoms with Crippen molar-refractivity contribution in [2.75, 3.05) is 0 Å². The van der Waals surface area contributed by atoms with Gasteiger partial charge in [0.2, 0.25) is 0 Å². The molecule has 0 fully saturated rings. The van der Waals surface area contributed by atoms with E-state index in [1.54, 1.807) is 0 Å². The van der Waals surface area contributed by atoms with E-state index in [9.17, 15) is 0 Å². The molecule has 53 valence electrons. The van der Waals surface area contributed by atoms with Crippen LogP contribution in [-0.2, 0) is 0 Å². The molecular weight excluding hydrogens is 108 g/mol. The smallest absolute Gasteiger partial charge is 0.0297 e. The van der Waals surface area contributed by atoms with E-state index in [4.69, 9.17) is 0 Å². The molecule has 0 aromatic rings. The number of hydrogen-bond acceptors (Lipinski definition) is 0. The molecule has 1 radical (unpaired) electrons. The molecule has 1 unspecified atom stereocenters. The first-order chi connectivity index (χ1) is 4.20. The standard InChI is InChI=1S/C9H17/c1-5-8(3)7-9(4)6-2/h9H,1,3,5-7H2,2,4H3. The van der Waals surface area contributed by atoms with E-state index in [2.05, 4.69) is 27.4 Å². The maximum Gasteiger partial charge on any atom is -0.0297 e. The average Bonchev–Trinajstić information content (AvgIpc) is 1.87. The normalized spacial score (nSPS) is 13.2. The summed E-state index contributed by atoms with van der Waals surface area (Å²) in [5.41, 5.74) is 1.28. The van der Waals surface area contributed by atoms with Gasteiger partial charge in [0.1, 0.15) is 0 Å². The monoisotopic (exact) mass is 125 g/mol. The first kappa shape index (κ1) is 8.74. The van der Waals surface area contributed by atoms with E-state index in [0.717, 1.165) is 18.8 Å². The Labute approximate surface area is 59.0 Å². The molecule has 9 heavy (non-hydrogen) atoms. The summed E-state index contributed by atoms with van der Waals surface area (Å²) in [6.45, 7) is 12.1. The molecule has 0 amide bonds. The fourth-order valence-electron chi connectivity index (χ4n) is 0.739. The van der Waals surface area contributed by atoms with Gasteiger partial charge in [-0.1, -0.05) is 32.4 Å². The maximum atomic E-state index is 3.90. The van der Waals surface area contributed by atoms with Crippen LogP contribution in [0.3, 0.4) is 0 Å². The Morgan fingerprint density at radius 2 is 2.11 bits per heavy atom. The van der Waals surface area contributed by atoms with Gasteiger partial charge in [0.15, 0.2) is 0 Å². The van der Waals surface area contributed by atoms with Crippen molar-refractivity contribution in [1.82, 2.24) is 0 Å². The van der Waals surface area contributed by atoms with E-state index in [1.807, 2.05) is 0 Å². The number of rotatable bonds is 4. The Morgan fingerprint density at radius 1 is 1.56 bits per heavy atom. The molecule has 0 rings (SSSR count). The van der Waals surface area contributed by atoms with Crippen LogP contribution >= 0.6 is 0 Å². The van der Waals surface area contributed by atoms with Crippen molar-refractivity contribution in [3.05, 3.63) is 19.1 Å². The van der Waals surface area contributed by atoms with Crippen LogP contribution < -0.4 is 0 Å². The van der Waals surface area contributed by atoms with Gasteiger partial charge in [-0.2, -0.15) is 0 Å². The molecule has 0 spiro atoms. The number of hydrogen-bond donors (Lipinski definition) is 0. The van der Waals surface area contributed by atoms with Gasteiger partial charge in [-0.3, -0.25) is 0 Å². The van der Waals surface area contributed by atoms with Crippen molar-refractivity contribution >= 4 is 0 Å². The molecule has 0 saturated heterocycles. The Kier molecular flexibility index (Phi) is 4.47. The van der Waals surface area contributed by atoms with E-state index in [1.165, 1.54) is 12.0 Å². The van der Waals surface area contributed by atoms with Crippen LogP contribution in [-0.4, -0.2) is 0 Å². The molecule has 0 heterocycles. The summed E-state index contributed by atoms with van der Waals surface area (Å²) in [6.07, 6.45) is 3.30. The van der Waals surface area contributed by atoms with Crippen LogP contribution in [0.25, 0.3) is 0 Å². The molecule has 0 aromatic heterocycles. The quantitative estimate of drug-likeness (QED) is 0.506. The third-order valence-corrected chi connectivity index (χ3v) is 1.69. The Balaban J connectivity index is 3.34. The van der Waals surface area contributed by atoms with Crippen molar-refractivity contribution < 1.29 is 0 Å². The number of allylic oxidation sites excluding steroid dienone is 1. The molecule has 0 heteroatoms. The van der Waals surface area contributed by atoms with Gasteiger partial charge in [0.25, 0.3) is 0 Å². The molecule has 0 aliphatic heterocycles. The van der Waals surface area contributed by atoms with Crippen LogP contribution in [0.1, 0.15) is 33.1 Å². The van der Waals surface area contributed by atoms with Crippen molar-refractivity contribution in [2.45, 2.75) is 33.1 Å². The molecule has 0 aromatic carbocycles. The molecular formula is C9H17. The highest BCUT2D eigenvalue weighted by atomic mass is 14.0. The lowest BCUT2D eigenvalue weighted by Gasteiger charge is -2.07. The van der Waals surface area contributed by atoms with Gasteiger partial charge in [-0.25, -0.2) is 0 Å². The van der Waals surface area contributed by atoms with Crippen molar-refractivity contribution in [1.29, 1.82) is 0 Å². The predicted octanol–water partition coefficient (Wildman–Crippen LogP) is 3.20. The minimum Gasteiger partial charge on any atom is -0.0999 e. The molecule has 0 saturated carbocycles. The lowest BCUT2D eigenvalue weighted by atomic mass is 9.99. The molecule has 1 atom stereocenters. The van der Waals surface area contributed by atoms with Crippen LogP contribution in [0, 0.1) is 12.8 Å². The molecule has 0 bridgehead atoms. The first-order valence-electron chi connectivity index (χ1n) is 3.66. The molecule has 0 aliphatic carbocycles. The summed E-state index contributed by atoms with van der Waals surface area (Å²) in [5, 5.41) is 0. The summed E-state index contributed by atoms with van der Waals surface area (Å²) in [4.78, 5) is 0. The van der Waals surface area contributed by atoms with Gasteiger partial charge in [0.05, 0.1) is 0 Å². The summed E-state index contributed by atoms with van der Waals surface area (Å²) in [7, 11) is 0. The summed E-state index contributed by atoms with van der Waals surface area (Å²) in [6, 6.07) is 0. The van der Waals surface area contributed by atoms with Gasteiger partial charge in [-0.05, 0) is 25.7 Å². The zero-order valence-electron chi connectivity index (χ0n) is 6.61. The van der Waals surface area contributed by atoms with Crippen LogP contribution in [0.4, 0.5) is 0 Å². The van der Waals surface area contributed by atoms with E-state index >= 15 is 0 Å². The predicted molar refractivity (Wildman–Crippen MR) is 43.2 cm³/mol. The SMILES string of the molecule is [CH2]CC(=C)CC(C)CC. The van der Waals surface area contributed by atoms with Gasteiger partial charge in [-0.15, -0.1) is 0 Å². The van der Waals surface area contributed by atoms with Gasteiger partial charge < -0.3 is 0 Å². The Hall–Kier alpha value is -0.260. The van der Waals surface area contributed by atoms with Crippen molar-refractivity contribution in [3.8, 4) is 0 Å². The molecule has 0 aliphatic rings. The van der Waals surface area contributed by atoms with Crippen molar-refractivity contribution in [3.63, 3.8) is 0 Å². The average molecular weight is 125 g/mol. The van der Waals surface area contributed by atoms with Gasteiger partial charge >= 0.3 is 0 Å². The first-order valence-corrected chi connectivity index (χ1v) is 3.66. The third-order valence-electron chi connectivity index (χ3n) is 1.69.